The lowest BCUT2D eigenvalue weighted by atomic mass is 10.2. The number of anilines is 2. The van der Waals surface area contributed by atoms with Gasteiger partial charge in [-0.2, -0.15) is 0 Å². The molecule has 1 aliphatic rings. The third-order valence-corrected chi connectivity index (χ3v) is 5.47. The van der Waals surface area contributed by atoms with Gasteiger partial charge in [0.15, 0.2) is 0 Å². The number of halogens is 1. The number of hydrogen-bond acceptors (Lipinski definition) is 2. The van der Waals surface area contributed by atoms with E-state index in [4.69, 9.17) is 11.6 Å². The first-order valence-corrected chi connectivity index (χ1v) is 9.94. The van der Waals surface area contributed by atoms with Gasteiger partial charge in [0.05, 0.1) is 11.4 Å². The number of nitrogens with zero attached hydrogens (tertiary/aromatic N) is 2. The minimum Gasteiger partial charge on any atom is -0.297 e. The molecule has 2 aromatic carbocycles. The molecule has 0 atom stereocenters. The van der Waals surface area contributed by atoms with Crippen molar-refractivity contribution < 1.29 is 8.42 Å². The van der Waals surface area contributed by atoms with E-state index in [0.29, 0.717) is 23.7 Å². The van der Waals surface area contributed by atoms with Gasteiger partial charge in [-0.25, -0.2) is 8.42 Å². The first-order valence-electron chi connectivity index (χ1n) is 7.95. The SMILES string of the molecule is CCCCS(=O)(=O)/N=C1\Cc2ccccc2N1c1ccc(Cl)cc1. The molecule has 0 bridgehead atoms. The van der Waals surface area contributed by atoms with Crippen LogP contribution < -0.4 is 4.90 Å². The first-order chi connectivity index (χ1) is 11.5. The number of fused-ring (bicyclic) bond motifs is 1. The van der Waals surface area contributed by atoms with Gasteiger partial charge in [0.25, 0.3) is 10.0 Å². The van der Waals surface area contributed by atoms with E-state index in [0.717, 1.165) is 23.4 Å². The quantitative estimate of drug-likeness (QED) is 0.783. The highest BCUT2D eigenvalue weighted by atomic mass is 35.5. The number of benzene rings is 2. The predicted molar refractivity (Wildman–Crippen MR) is 99.9 cm³/mol. The molecule has 2 aromatic rings. The van der Waals surface area contributed by atoms with E-state index in [1.165, 1.54) is 0 Å². The van der Waals surface area contributed by atoms with Crippen molar-refractivity contribution in [3.05, 3.63) is 59.1 Å². The summed E-state index contributed by atoms with van der Waals surface area (Å²) in [5.41, 5.74) is 2.88. The highest BCUT2D eigenvalue weighted by molar-refractivity contribution is 7.90. The Morgan fingerprint density at radius 3 is 2.54 bits per heavy atom. The van der Waals surface area contributed by atoms with Gasteiger partial charge >= 0.3 is 0 Å². The second-order valence-corrected chi connectivity index (χ2v) is 7.96. The van der Waals surface area contributed by atoms with Crippen molar-refractivity contribution in [2.24, 2.45) is 4.40 Å². The normalized spacial score (nSPS) is 15.8. The van der Waals surface area contributed by atoms with Crippen molar-refractivity contribution in [1.82, 2.24) is 0 Å². The Bertz CT molecular complexity index is 861. The number of unbranched alkanes of at least 4 members (excludes halogenated alkanes) is 1. The summed E-state index contributed by atoms with van der Waals surface area (Å²) >= 11 is 5.97. The maximum atomic E-state index is 12.3. The fraction of sp³-hybridized carbons (Fsp3) is 0.278. The molecular formula is C18H19ClN2O2S. The van der Waals surface area contributed by atoms with Crippen LogP contribution >= 0.6 is 11.6 Å². The van der Waals surface area contributed by atoms with Crippen molar-refractivity contribution in [3.63, 3.8) is 0 Å². The van der Waals surface area contributed by atoms with E-state index < -0.39 is 10.0 Å². The second kappa shape index (κ2) is 6.95. The third kappa shape index (κ3) is 3.62. The average Bonchev–Trinajstić information content (AvgIpc) is 2.91. The Kier molecular flexibility index (Phi) is 4.92. The second-order valence-electron chi connectivity index (χ2n) is 5.76. The summed E-state index contributed by atoms with van der Waals surface area (Å²) in [6.07, 6.45) is 1.95. The summed E-state index contributed by atoms with van der Waals surface area (Å²) in [5, 5.41) is 0.639. The average molecular weight is 363 g/mol. The molecule has 4 nitrogen and oxygen atoms in total. The largest absolute Gasteiger partial charge is 0.297 e. The zero-order valence-electron chi connectivity index (χ0n) is 13.4. The summed E-state index contributed by atoms with van der Waals surface area (Å²) in [5.74, 6) is 0.618. The summed E-state index contributed by atoms with van der Waals surface area (Å²) in [4.78, 5) is 1.90. The Hall–Kier alpha value is -1.85. The minimum absolute atomic E-state index is 0.0812. The van der Waals surface area contributed by atoms with Crippen molar-refractivity contribution in [3.8, 4) is 0 Å². The van der Waals surface area contributed by atoms with Gasteiger partial charge in [0.2, 0.25) is 0 Å². The standard InChI is InChI=1S/C18H19ClN2O2S/c1-2-3-12-24(22,23)20-18-13-14-6-4-5-7-17(14)21(18)16-10-8-15(19)9-11-16/h4-11H,2-3,12-13H2,1H3/b20-18+. The molecule has 0 radical (unpaired) electrons. The minimum atomic E-state index is -3.47. The fourth-order valence-electron chi connectivity index (χ4n) is 2.75. The maximum Gasteiger partial charge on any atom is 0.254 e. The predicted octanol–water partition coefficient (Wildman–Crippen LogP) is 4.56. The Morgan fingerprint density at radius 1 is 1.12 bits per heavy atom. The van der Waals surface area contributed by atoms with Crippen molar-refractivity contribution >= 4 is 38.8 Å². The molecule has 0 spiro atoms. The highest BCUT2D eigenvalue weighted by Crippen LogP contribution is 2.36. The van der Waals surface area contributed by atoms with Crippen molar-refractivity contribution in [2.75, 3.05) is 10.7 Å². The number of para-hydroxylation sites is 1. The van der Waals surface area contributed by atoms with Crippen LogP contribution in [0.15, 0.2) is 52.9 Å². The molecule has 0 amide bonds. The number of hydrogen-bond donors (Lipinski definition) is 0. The van der Waals surface area contributed by atoms with Crippen LogP contribution in [0.5, 0.6) is 0 Å². The van der Waals surface area contributed by atoms with E-state index in [1.807, 2.05) is 48.2 Å². The van der Waals surface area contributed by atoms with Gasteiger partial charge in [-0.3, -0.25) is 4.90 Å². The van der Waals surface area contributed by atoms with E-state index in [9.17, 15) is 8.42 Å². The smallest absolute Gasteiger partial charge is 0.254 e. The molecule has 0 aliphatic carbocycles. The Labute approximate surface area is 147 Å². The van der Waals surface area contributed by atoms with Gasteiger partial charge < -0.3 is 0 Å². The van der Waals surface area contributed by atoms with Crippen LogP contribution in [0.4, 0.5) is 11.4 Å². The number of rotatable bonds is 5. The van der Waals surface area contributed by atoms with E-state index in [1.54, 1.807) is 12.1 Å². The van der Waals surface area contributed by atoms with Crippen LogP contribution in [0.3, 0.4) is 0 Å². The van der Waals surface area contributed by atoms with Crippen LogP contribution in [-0.2, 0) is 16.4 Å². The van der Waals surface area contributed by atoms with E-state index in [-0.39, 0.29) is 5.75 Å². The van der Waals surface area contributed by atoms with Crippen LogP contribution in [0.2, 0.25) is 5.02 Å². The Morgan fingerprint density at radius 2 is 1.83 bits per heavy atom. The number of amidine groups is 1. The topological polar surface area (TPSA) is 49.7 Å². The maximum absolute atomic E-state index is 12.3. The molecule has 0 fully saturated rings. The van der Waals surface area contributed by atoms with E-state index >= 15 is 0 Å². The lowest BCUT2D eigenvalue weighted by Crippen LogP contribution is -2.23. The Balaban J connectivity index is 2.04. The summed E-state index contributed by atoms with van der Waals surface area (Å²) in [6, 6.07) is 15.2. The highest BCUT2D eigenvalue weighted by Gasteiger charge is 2.28. The zero-order chi connectivity index (χ0) is 17.2. The molecule has 0 saturated carbocycles. The molecule has 1 aliphatic heterocycles. The van der Waals surface area contributed by atoms with Gasteiger partial charge in [-0.05, 0) is 42.3 Å². The molecular weight excluding hydrogens is 344 g/mol. The van der Waals surface area contributed by atoms with Crippen molar-refractivity contribution in [2.45, 2.75) is 26.2 Å². The summed E-state index contributed by atoms with van der Waals surface area (Å²) in [7, 11) is -3.47. The third-order valence-electron chi connectivity index (χ3n) is 3.92. The molecule has 0 unspecified atom stereocenters. The van der Waals surface area contributed by atoms with Gasteiger partial charge in [0, 0.05) is 17.1 Å². The molecule has 126 valence electrons. The van der Waals surface area contributed by atoms with Crippen LogP contribution in [0.1, 0.15) is 25.3 Å². The first kappa shape index (κ1) is 17.0. The monoisotopic (exact) mass is 362 g/mol. The van der Waals surface area contributed by atoms with Crippen LogP contribution in [0.25, 0.3) is 0 Å². The molecule has 0 aromatic heterocycles. The van der Waals surface area contributed by atoms with Gasteiger partial charge in [-0.1, -0.05) is 43.1 Å². The summed E-state index contributed by atoms with van der Waals surface area (Å²) in [6.45, 7) is 1.97. The lowest BCUT2D eigenvalue weighted by Gasteiger charge is -2.20. The van der Waals surface area contributed by atoms with Gasteiger partial charge in [0.1, 0.15) is 5.84 Å². The van der Waals surface area contributed by atoms with Gasteiger partial charge in [-0.15, -0.1) is 4.40 Å². The molecule has 3 rings (SSSR count). The van der Waals surface area contributed by atoms with Crippen LogP contribution in [-0.4, -0.2) is 20.0 Å². The summed E-state index contributed by atoms with van der Waals surface area (Å²) < 4.78 is 28.7. The molecule has 0 N–H and O–H groups in total. The zero-order valence-corrected chi connectivity index (χ0v) is 15.0. The molecule has 0 saturated heterocycles. The fourth-order valence-corrected chi connectivity index (χ4v) is 4.09. The molecule has 24 heavy (non-hydrogen) atoms. The van der Waals surface area contributed by atoms with E-state index in [2.05, 4.69) is 4.40 Å². The molecule has 6 heteroatoms. The molecule has 1 heterocycles. The van der Waals surface area contributed by atoms with Crippen molar-refractivity contribution in [1.29, 1.82) is 0 Å². The van der Waals surface area contributed by atoms with Crippen LogP contribution in [0, 0.1) is 0 Å². The number of sulfonamides is 1. The lowest BCUT2D eigenvalue weighted by molar-refractivity contribution is 0.594.